The second kappa shape index (κ2) is 10.6. The molecule has 0 radical (unpaired) electrons. The van der Waals surface area contributed by atoms with E-state index in [4.69, 9.17) is 4.74 Å². The third kappa shape index (κ3) is 5.37. The average molecular weight is 459 g/mol. The van der Waals surface area contributed by atoms with E-state index in [2.05, 4.69) is 46.7 Å². The first kappa shape index (κ1) is 22.3. The van der Waals surface area contributed by atoms with Crippen molar-refractivity contribution in [3.8, 4) is 23.0 Å². The standard InChI is InChI=1S/C31H26N2O2/c34-31(35-22-30-28-15-6-4-13-26(28)27-14-5-7-16-29(27)30)32-21-9-8-10-23-17-19-25(20-18-23)33-24-11-2-1-3-12-24/h1-7,11-20,30,33H,9,21-22H2,(H,32,34). The first-order valence-corrected chi connectivity index (χ1v) is 11.8. The van der Waals surface area contributed by atoms with Crippen molar-refractivity contribution in [2.45, 2.75) is 12.3 Å². The number of anilines is 2. The van der Waals surface area contributed by atoms with E-state index < -0.39 is 6.09 Å². The van der Waals surface area contributed by atoms with Gasteiger partial charge in [0, 0.05) is 35.8 Å². The number of alkyl carbamates (subject to hydrolysis) is 1. The molecule has 5 rings (SSSR count). The Morgan fingerprint density at radius 2 is 1.34 bits per heavy atom. The largest absolute Gasteiger partial charge is 0.449 e. The Morgan fingerprint density at radius 3 is 2.03 bits per heavy atom. The van der Waals surface area contributed by atoms with E-state index >= 15 is 0 Å². The van der Waals surface area contributed by atoms with Crippen LogP contribution in [0.15, 0.2) is 103 Å². The molecule has 0 aliphatic heterocycles. The van der Waals surface area contributed by atoms with Gasteiger partial charge in [-0.25, -0.2) is 4.79 Å². The lowest BCUT2D eigenvalue weighted by molar-refractivity contribution is 0.143. The van der Waals surface area contributed by atoms with Crippen molar-refractivity contribution >= 4 is 17.5 Å². The number of nitrogens with one attached hydrogen (secondary N) is 2. The van der Waals surface area contributed by atoms with Crippen LogP contribution in [0.1, 0.15) is 29.0 Å². The fourth-order valence-electron chi connectivity index (χ4n) is 4.37. The zero-order valence-electron chi connectivity index (χ0n) is 19.3. The van der Waals surface area contributed by atoms with Gasteiger partial charge in [0.05, 0.1) is 0 Å². The molecule has 2 N–H and O–H groups in total. The highest BCUT2D eigenvalue weighted by Gasteiger charge is 2.28. The van der Waals surface area contributed by atoms with Gasteiger partial charge >= 0.3 is 6.09 Å². The Morgan fingerprint density at radius 1 is 0.743 bits per heavy atom. The summed E-state index contributed by atoms with van der Waals surface area (Å²) in [6.07, 6.45) is 0.138. The molecule has 0 saturated heterocycles. The van der Waals surface area contributed by atoms with Crippen molar-refractivity contribution in [2.75, 3.05) is 18.5 Å². The summed E-state index contributed by atoms with van der Waals surface area (Å²) in [6.45, 7) is 0.756. The van der Waals surface area contributed by atoms with Crippen LogP contribution in [-0.4, -0.2) is 19.2 Å². The van der Waals surface area contributed by atoms with E-state index in [9.17, 15) is 4.79 Å². The first-order chi connectivity index (χ1) is 17.3. The van der Waals surface area contributed by atoms with Crippen molar-refractivity contribution in [2.24, 2.45) is 0 Å². The van der Waals surface area contributed by atoms with Crippen molar-refractivity contribution in [1.29, 1.82) is 0 Å². The predicted octanol–water partition coefficient (Wildman–Crippen LogP) is 6.71. The first-order valence-electron chi connectivity index (χ1n) is 11.8. The second-order valence-electron chi connectivity index (χ2n) is 8.37. The van der Waals surface area contributed by atoms with Crippen LogP contribution < -0.4 is 10.6 Å². The smallest absolute Gasteiger partial charge is 0.407 e. The van der Waals surface area contributed by atoms with Gasteiger partial charge in [0.1, 0.15) is 6.61 Å². The van der Waals surface area contributed by atoms with Crippen LogP contribution in [-0.2, 0) is 4.74 Å². The van der Waals surface area contributed by atoms with Crippen molar-refractivity contribution in [3.05, 3.63) is 120 Å². The molecule has 172 valence electrons. The SMILES string of the molecule is O=C(NCCC#Cc1ccc(Nc2ccccc2)cc1)OCC1c2ccccc2-c2ccccc21. The van der Waals surface area contributed by atoms with Gasteiger partial charge in [-0.3, -0.25) is 0 Å². The molecule has 0 saturated carbocycles. The molecule has 0 spiro atoms. The fraction of sp³-hybridized carbons (Fsp3) is 0.129. The molecule has 4 heteroatoms. The van der Waals surface area contributed by atoms with Crippen LogP contribution in [0.4, 0.5) is 16.2 Å². The number of carbonyl (C=O) groups is 1. The maximum absolute atomic E-state index is 12.3. The second-order valence-corrected chi connectivity index (χ2v) is 8.37. The number of hydrogen-bond donors (Lipinski definition) is 2. The third-order valence-corrected chi connectivity index (χ3v) is 6.04. The topological polar surface area (TPSA) is 50.4 Å². The molecule has 1 amide bonds. The van der Waals surface area contributed by atoms with E-state index in [0.717, 1.165) is 16.9 Å². The Balaban J connectivity index is 1.08. The monoisotopic (exact) mass is 458 g/mol. The highest BCUT2D eigenvalue weighted by molar-refractivity contribution is 5.79. The number of hydrogen-bond acceptors (Lipinski definition) is 3. The maximum Gasteiger partial charge on any atom is 0.407 e. The van der Waals surface area contributed by atoms with Crippen LogP contribution in [0, 0.1) is 11.8 Å². The number of benzene rings is 4. The molecule has 35 heavy (non-hydrogen) atoms. The molecule has 4 nitrogen and oxygen atoms in total. The fourth-order valence-corrected chi connectivity index (χ4v) is 4.37. The van der Waals surface area contributed by atoms with Gasteiger partial charge in [-0.1, -0.05) is 78.6 Å². The normalized spacial score (nSPS) is 11.5. The number of carbonyl (C=O) groups excluding carboxylic acids is 1. The van der Waals surface area contributed by atoms with Gasteiger partial charge in [-0.15, -0.1) is 0 Å². The van der Waals surface area contributed by atoms with E-state index in [1.807, 2.05) is 78.9 Å². The molecule has 1 aliphatic carbocycles. The zero-order valence-corrected chi connectivity index (χ0v) is 19.3. The third-order valence-electron chi connectivity index (χ3n) is 6.04. The Kier molecular flexibility index (Phi) is 6.77. The number of amides is 1. The minimum atomic E-state index is -0.412. The predicted molar refractivity (Wildman–Crippen MR) is 141 cm³/mol. The lowest BCUT2D eigenvalue weighted by atomic mass is 9.98. The average Bonchev–Trinajstić information content (AvgIpc) is 3.22. The number of para-hydroxylation sites is 1. The summed E-state index contributed by atoms with van der Waals surface area (Å²) in [7, 11) is 0. The Hall–Kier alpha value is -4.49. The summed E-state index contributed by atoms with van der Waals surface area (Å²) in [6, 6.07) is 34.6. The number of ether oxygens (including phenoxy) is 1. The van der Waals surface area contributed by atoms with Gasteiger partial charge in [-0.2, -0.15) is 0 Å². The quantitative estimate of drug-likeness (QED) is 0.249. The highest BCUT2D eigenvalue weighted by Crippen LogP contribution is 2.44. The van der Waals surface area contributed by atoms with Crippen LogP contribution in [0.5, 0.6) is 0 Å². The molecule has 0 unspecified atom stereocenters. The van der Waals surface area contributed by atoms with Gasteiger partial charge in [0.15, 0.2) is 0 Å². The maximum atomic E-state index is 12.3. The van der Waals surface area contributed by atoms with E-state index in [0.29, 0.717) is 19.6 Å². The van der Waals surface area contributed by atoms with Crippen LogP contribution in [0.25, 0.3) is 11.1 Å². The van der Waals surface area contributed by atoms with Crippen molar-refractivity contribution in [3.63, 3.8) is 0 Å². The van der Waals surface area contributed by atoms with Crippen LogP contribution in [0.2, 0.25) is 0 Å². The van der Waals surface area contributed by atoms with E-state index in [-0.39, 0.29) is 5.92 Å². The molecule has 0 atom stereocenters. The Labute approximate surface area is 206 Å². The molecule has 0 fully saturated rings. The molecule has 0 aromatic heterocycles. The van der Waals surface area contributed by atoms with Crippen LogP contribution >= 0.6 is 0 Å². The Bertz CT molecular complexity index is 1320. The lowest BCUT2D eigenvalue weighted by Gasteiger charge is -2.14. The molecule has 4 aromatic rings. The summed E-state index contributed by atoms with van der Waals surface area (Å²) in [5, 5.41) is 6.16. The number of rotatable bonds is 6. The summed E-state index contributed by atoms with van der Waals surface area (Å²) in [5.74, 6) is 6.31. The minimum Gasteiger partial charge on any atom is -0.449 e. The van der Waals surface area contributed by atoms with E-state index in [1.54, 1.807) is 0 Å². The van der Waals surface area contributed by atoms with Gasteiger partial charge in [0.25, 0.3) is 0 Å². The molecular formula is C31H26N2O2. The molecule has 0 bridgehead atoms. The van der Waals surface area contributed by atoms with Gasteiger partial charge in [0.2, 0.25) is 0 Å². The molecule has 1 aliphatic rings. The van der Waals surface area contributed by atoms with Gasteiger partial charge in [-0.05, 0) is 58.7 Å². The molecule has 0 heterocycles. The summed E-state index contributed by atoms with van der Waals surface area (Å²) in [5.41, 5.74) is 7.84. The van der Waals surface area contributed by atoms with E-state index in [1.165, 1.54) is 22.3 Å². The molecule has 4 aromatic carbocycles. The number of fused-ring (bicyclic) bond motifs is 3. The van der Waals surface area contributed by atoms with Crippen LogP contribution in [0.3, 0.4) is 0 Å². The summed E-state index contributed by atoms with van der Waals surface area (Å²) in [4.78, 5) is 12.3. The highest BCUT2D eigenvalue weighted by atomic mass is 16.5. The van der Waals surface area contributed by atoms with Crippen molar-refractivity contribution < 1.29 is 9.53 Å². The molecular weight excluding hydrogens is 432 g/mol. The zero-order chi connectivity index (χ0) is 23.9. The van der Waals surface area contributed by atoms with Crippen molar-refractivity contribution in [1.82, 2.24) is 5.32 Å². The summed E-state index contributed by atoms with van der Waals surface area (Å²) < 4.78 is 5.56. The minimum absolute atomic E-state index is 0.0623. The summed E-state index contributed by atoms with van der Waals surface area (Å²) >= 11 is 0. The van der Waals surface area contributed by atoms with Gasteiger partial charge < -0.3 is 15.4 Å². The lowest BCUT2D eigenvalue weighted by Crippen LogP contribution is -2.26.